The summed E-state index contributed by atoms with van der Waals surface area (Å²) in [5, 5.41) is 17.5. The van der Waals surface area contributed by atoms with Crippen LogP contribution in [-0.2, 0) is 4.79 Å². The summed E-state index contributed by atoms with van der Waals surface area (Å²) in [5.41, 5.74) is 3.16. The van der Waals surface area contributed by atoms with Crippen LogP contribution in [0, 0.1) is 0 Å². The first-order valence-corrected chi connectivity index (χ1v) is 5.23. The van der Waals surface area contributed by atoms with Crippen LogP contribution < -0.4 is 10.2 Å². The van der Waals surface area contributed by atoms with Crippen molar-refractivity contribution in [2.75, 3.05) is 12.1 Å². The molecule has 0 unspecified atom stereocenters. The molecule has 0 spiro atoms. The van der Waals surface area contributed by atoms with Gasteiger partial charge in [0, 0.05) is 12.4 Å². The maximum Gasteiger partial charge on any atom is 0.341 e. The van der Waals surface area contributed by atoms with E-state index in [1.165, 1.54) is 0 Å². The van der Waals surface area contributed by atoms with Gasteiger partial charge in [0.2, 0.25) is 0 Å². The van der Waals surface area contributed by atoms with Gasteiger partial charge in [0.1, 0.15) is 5.75 Å². The number of aliphatic carboxylic acids is 1. The molecular formula is C12H12N2O4. The number of nitrogens with zero attached hydrogens (tertiary/aromatic N) is 1. The Morgan fingerprint density at radius 3 is 2.67 bits per heavy atom. The molecule has 2 aromatic rings. The van der Waals surface area contributed by atoms with Gasteiger partial charge in [-0.05, 0) is 30.3 Å². The van der Waals surface area contributed by atoms with Crippen LogP contribution in [-0.4, -0.2) is 27.5 Å². The van der Waals surface area contributed by atoms with Crippen molar-refractivity contribution in [1.82, 2.24) is 4.57 Å². The Hall–Kier alpha value is -2.47. The summed E-state index contributed by atoms with van der Waals surface area (Å²) in [5.74, 6) is -0.620. The first-order chi connectivity index (χ1) is 8.70. The first kappa shape index (κ1) is 12.0. The molecule has 0 radical (unpaired) electrons. The van der Waals surface area contributed by atoms with E-state index in [-0.39, 0.29) is 0 Å². The second-order valence-corrected chi connectivity index (χ2v) is 3.57. The predicted octanol–water partition coefficient (Wildman–Crippen LogP) is 1.74. The van der Waals surface area contributed by atoms with Crippen molar-refractivity contribution >= 4 is 11.7 Å². The molecule has 0 aliphatic heterocycles. The molecule has 0 aliphatic carbocycles. The molecule has 0 fully saturated rings. The molecule has 1 aromatic carbocycles. The fourth-order valence-electron chi connectivity index (χ4n) is 1.55. The van der Waals surface area contributed by atoms with E-state index in [4.69, 9.17) is 15.1 Å². The fraction of sp³-hybridized carbons (Fsp3) is 0.0833. The Morgan fingerprint density at radius 2 is 2.06 bits per heavy atom. The lowest BCUT2D eigenvalue weighted by Gasteiger charge is -2.12. The summed E-state index contributed by atoms with van der Waals surface area (Å²) in [6.45, 7) is -0.416. The molecule has 0 saturated carbocycles. The number of hydrogen-bond acceptors (Lipinski definition) is 4. The van der Waals surface area contributed by atoms with Crippen molar-refractivity contribution < 1.29 is 19.8 Å². The quantitative estimate of drug-likeness (QED) is 0.702. The molecule has 0 saturated heterocycles. The third-order valence-electron chi connectivity index (χ3n) is 2.32. The zero-order valence-corrected chi connectivity index (χ0v) is 9.41. The number of nitrogens with one attached hydrogen (secondary N) is 1. The standard InChI is InChI=1S/C12H12N2O4/c15-12(16)8-18-11-4-3-9(13-17)7-10(11)14-5-1-2-6-14/h1-7,13,17H,8H2,(H,15,16). The molecule has 0 aliphatic rings. The number of benzene rings is 1. The van der Waals surface area contributed by atoms with Gasteiger partial charge in [0.05, 0.1) is 11.4 Å². The normalized spacial score (nSPS) is 10.1. The van der Waals surface area contributed by atoms with E-state index in [0.29, 0.717) is 17.1 Å². The lowest BCUT2D eigenvalue weighted by Crippen LogP contribution is -2.11. The number of rotatable bonds is 5. The Kier molecular flexibility index (Phi) is 3.49. The highest BCUT2D eigenvalue weighted by atomic mass is 16.5. The number of hydrogen-bond donors (Lipinski definition) is 3. The molecule has 2 rings (SSSR count). The van der Waals surface area contributed by atoms with Gasteiger partial charge in [-0.2, -0.15) is 0 Å². The minimum Gasteiger partial charge on any atom is -0.480 e. The van der Waals surface area contributed by atoms with Crippen LogP contribution in [0.4, 0.5) is 5.69 Å². The topological polar surface area (TPSA) is 83.7 Å². The van der Waals surface area contributed by atoms with E-state index in [1.54, 1.807) is 35.2 Å². The van der Waals surface area contributed by atoms with E-state index in [2.05, 4.69) is 0 Å². The molecule has 0 bridgehead atoms. The number of aromatic nitrogens is 1. The van der Waals surface area contributed by atoms with Crippen LogP contribution in [0.25, 0.3) is 5.69 Å². The van der Waals surface area contributed by atoms with Gasteiger partial charge < -0.3 is 14.4 Å². The van der Waals surface area contributed by atoms with E-state index < -0.39 is 12.6 Å². The van der Waals surface area contributed by atoms with Crippen molar-refractivity contribution in [2.45, 2.75) is 0 Å². The minimum absolute atomic E-state index is 0.416. The lowest BCUT2D eigenvalue weighted by atomic mass is 10.2. The number of ether oxygens (including phenoxy) is 1. The van der Waals surface area contributed by atoms with Crippen LogP contribution >= 0.6 is 0 Å². The highest BCUT2D eigenvalue weighted by molar-refractivity contribution is 5.69. The Balaban J connectivity index is 2.36. The molecule has 3 N–H and O–H groups in total. The highest BCUT2D eigenvalue weighted by Gasteiger charge is 2.08. The molecule has 1 aromatic heterocycles. The minimum atomic E-state index is -1.04. The molecule has 1 heterocycles. The zero-order valence-electron chi connectivity index (χ0n) is 9.41. The van der Waals surface area contributed by atoms with Crippen LogP contribution in [0.1, 0.15) is 0 Å². The van der Waals surface area contributed by atoms with E-state index >= 15 is 0 Å². The SMILES string of the molecule is O=C(O)COc1ccc(NO)cc1-n1cccc1. The molecule has 0 amide bonds. The summed E-state index contributed by atoms with van der Waals surface area (Å²) in [6, 6.07) is 8.50. The summed E-state index contributed by atoms with van der Waals surface area (Å²) >= 11 is 0. The third-order valence-corrected chi connectivity index (χ3v) is 2.32. The fourth-order valence-corrected chi connectivity index (χ4v) is 1.55. The van der Waals surface area contributed by atoms with Crippen molar-refractivity contribution in [3.05, 3.63) is 42.7 Å². The number of carboxylic acids is 1. The number of carbonyl (C=O) groups is 1. The van der Waals surface area contributed by atoms with Crippen LogP contribution in [0.15, 0.2) is 42.7 Å². The average molecular weight is 248 g/mol. The van der Waals surface area contributed by atoms with Gasteiger partial charge >= 0.3 is 5.97 Å². The Bertz CT molecular complexity index is 537. The van der Waals surface area contributed by atoms with E-state index in [1.807, 2.05) is 17.6 Å². The molecular weight excluding hydrogens is 236 g/mol. The van der Waals surface area contributed by atoms with Crippen LogP contribution in [0.2, 0.25) is 0 Å². The van der Waals surface area contributed by atoms with Gasteiger partial charge in [0.25, 0.3) is 0 Å². The Morgan fingerprint density at radius 1 is 1.33 bits per heavy atom. The highest BCUT2D eigenvalue weighted by Crippen LogP contribution is 2.26. The lowest BCUT2D eigenvalue weighted by molar-refractivity contribution is -0.139. The van der Waals surface area contributed by atoms with Crippen molar-refractivity contribution in [1.29, 1.82) is 0 Å². The van der Waals surface area contributed by atoms with Gasteiger partial charge in [-0.25, -0.2) is 4.79 Å². The van der Waals surface area contributed by atoms with Crippen molar-refractivity contribution in [3.63, 3.8) is 0 Å². The summed E-state index contributed by atoms with van der Waals surface area (Å²) in [6.07, 6.45) is 3.59. The van der Waals surface area contributed by atoms with Crippen LogP contribution in [0.5, 0.6) is 5.75 Å². The summed E-state index contributed by atoms with van der Waals surface area (Å²) in [4.78, 5) is 10.5. The Labute approximate surface area is 103 Å². The molecule has 18 heavy (non-hydrogen) atoms. The molecule has 94 valence electrons. The largest absolute Gasteiger partial charge is 0.480 e. The average Bonchev–Trinajstić information content (AvgIpc) is 2.89. The van der Waals surface area contributed by atoms with Crippen LogP contribution in [0.3, 0.4) is 0 Å². The van der Waals surface area contributed by atoms with E-state index in [9.17, 15) is 4.79 Å². The predicted molar refractivity (Wildman–Crippen MR) is 64.3 cm³/mol. The third kappa shape index (κ3) is 2.61. The van der Waals surface area contributed by atoms with Crippen molar-refractivity contribution in [2.24, 2.45) is 0 Å². The van der Waals surface area contributed by atoms with Crippen molar-refractivity contribution in [3.8, 4) is 11.4 Å². The molecule has 6 nitrogen and oxygen atoms in total. The second-order valence-electron chi connectivity index (χ2n) is 3.57. The monoisotopic (exact) mass is 248 g/mol. The van der Waals surface area contributed by atoms with Gasteiger partial charge in [-0.15, -0.1) is 0 Å². The summed E-state index contributed by atoms with van der Waals surface area (Å²) in [7, 11) is 0. The molecule has 0 atom stereocenters. The zero-order chi connectivity index (χ0) is 13.0. The smallest absolute Gasteiger partial charge is 0.341 e. The van der Waals surface area contributed by atoms with Gasteiger partial charge in [-0.1, -0.05) is 0 Å². The first-order valence-electron chi connectivity index (χ1n) is 5.23. The number of carboxylic acid groups (broad SMARTS) is 1. The second kappa shape index (κ2) is 5.24. The summed E-state index contributed by atoms with van der Waals surface area (Å²) < 4.78 is 6.95. The van der Waals surface area contributed by atoms with E-state index in [0.717, 1.165) is 0 Å². The maximum absolute atomic E-state index is 10.5. The number of anilines is 1. The maximum atomic E-state index is 10.5. The molecule has 6 heteroatoms. The van der Waals surface area contributed by atoms with Gasteiger partial charge in [-0.3, -0.25) is 10.7 Å². The van der Waals surface area contributed by atoms with Gasteiger partial charge in [0.15, 0.2) is 6.61 Å².